The molecule has 4 aliphatic rings. The molecule has 4 atom stereocenters. The number of halogens is 3. The van der Waals surface area contributed by atoms with Crippen LogP contribution in [0.4, 0.5) is 13.2 Å². The lowest BCUT2D eigenvalue weighted by molar-refractivity contribution is -0.0500. The molecule has 4 fully saturated rings. The van der Waals surface area contributed by atoms with Crippen molar-refractivity contribution in [2.45, 2.75) is 92.9 Å². The summed E-state index contributed by atoms with van der Waals surface area (Å²) in [5, 5.41) is 9.53. The number of piperidine rings is 2. The van der Waals surface area contributed by atoms with Crippen molar-refractivity contribution in [3.05, 3.63) is 59.7 Å². The van der Waals surface area contributed by atoms with Gasteiger partial charge in [0.25, 0.3) is 0 Å². The van der Waals surface area contributed by atoms with Crippen molar-refractivity contribution in [3.63, 3.8) is 0 Å². The van der Waals surface area contributed by atoms with Crippen LogP contribution in [-0.4, -0.2) is 67.1 Å². The predicted molar refractivity (Wildman–Crippen MR) is 143 cm³/mol. The second-order valence-electron chi connectivity index (χ2n) is 11.6. The Morgan fingerprint density at radius 1 is 0.769 bits per heavy atom. The van der Waals surface area contributed by atoms with E-state index < -0.39 is 15.6 Å². The second-order valence-corrected chi connectivity index (χ2v) is 13.1. The minimum absolute atomic E-state index is 0.223. The molecule has 0 saturated carbocycles. The molecule has 39 heavy (non-hydrogen) atoms. The number of fused-ring (bicyclic) bond motifs is 4. The van der Waals surface area contributed by atoms with Gasteiger partial charge in [0, 0.05) is 24.2 Å². The minimum Gasteiger partial charge on any atom is -0.508 e. The van der Waals surface area contributed by atoms with Crippen LogP contribution < -0.4 is 4.18 Å². The molecule has 2 aromatic carbocycles. The highest BCUT2D eigenvalue weighted by Gasteiger charge is 2.48. The van der Waals surface area contributed by atoms with E-state index in [2.05, 4.69) is 34.1 Å². The highest BCUT2D eigenvalue weighted by atomic mass is 32.2. The Labute approximate surface area is 228 Å². The van der Waals surface area contributed by atoms with E-state index in [0.717, 1.165) is 43.3 Å². The molecule has 0 amide bonds. The third-order valence-electron chi connectivity index (χ3n) is 9.36. The van der Waals surface area contributed by atoms with Gasteiger partial charge >= 0.3 is 15.6 Å². The van der Waals surface area contributed by atoms with Crippen molar-refractivity contribution in [1.29, 1.82) is 0 Å². The average Bonchev–Trinajstić information content (AvgIpc) is 3.20. The highest BCUT2D eigenvalue weighted by molar-refractivity contribution is 7.88. The molecule has 214 valence electrons. The summed E-state index contributed by atoms with van der Waals surface area (Å²) in [5.74, 6) is 0.997. The summed E-state index contributed by atoms with van der Waals surface area (Å²) >= 11 is 0. The first-order valence-electron chi connectivity index (χ1n) is 13.7. The van der Waals surface area contributed by atoms with Gasteiger partial charge in [-0.05, 0) is 113 Å². The van der Waals surface area contributed by atoms with Crippen LogP contribution >= 0.6 is 0 Å². The Morgan fingerprint density at radius 2 is 1.21 bits per heavy atom. The van der Waals surface area contributed by atoms with Gasteiger partial charge in [0.1, 0.15) is 11.5 Å². The van der Waals surface area contributed by atoms with E-state index in [9.17, 15) is 26.7 Å². The zero-order valence-corrected chi connectivity index (χ0v) is 23.2. The van der Waals surface area contributed by atoms with Gasteiger partial charge in [0.05, 0.1) is 0 Å². The molecule has 0 spiro atoms. The fourth-order valence-electron chi connectivity index (χ4n) is 7.14. The standard InChI is InChI=1S/C15H18F3NO3S.C14H19NO/c1-19-12-5-6-13(19)8-11(7-12)10-3-2-4-14(9-10)22-23(20,21)15(16,17)18;1-15-12-5-6-13(15)8-11(7-12)10-3-2-4-14(16)9-10/h2-4,9,11-13H,5-8H2,1H3;2-4,9,11-13,16H,5-8H2,1H3. The normalized spacial score (nSPS) is 31.0. The Kier molecular flexibility index (Phi) is 7.92. The summed E-state index contributed by atoms with van der Waals surface area (Å²) in [6.45, 7) is 0. The summed E-state index contributed by atoms with van der Waals surface area (Å²) in [5.41, 5.74) is -3.26. The molecule has 0 radical (unpaired) electrons. The van der Waals surface area contributed by atoms with Gasteiger partial charge in [-0.25, -0.2) is 0 Å². The van der Waals surface area contributed by atoms with Gasteiger partial charge in [-0.3, -0.25) is 0 Å². The van der Waals surface area contributed by atoms with E-state index in [1.54, 1.807) is 6.07 Å². The van der Waals surface area contributed by atoms with E-state index >= 15 is 0 Å². The fraction of sp³-hybridized carbons (Fsp3) is 0.586. The number of benzene rings is 2. The molecule has 2 aromatic rings. The molecular formula is C29H37F3N2O4S. The monoisotopic (exact) mass is 566 g/mol. The summed E-state index contributed by atoms with van der Waals surface area (Å²) in [7, 11) is -1.25. The van der Waals surface area contributed by atoms with Crippen molar-refractivity contribution in [3.8, 4) is 11.5 Å². The molecule has 6 rings (SSSR count). The lowest BCUT2D eigenvalue weighted by atomic mass is 9.85. The highest BCUT2D eigenvalue weighted by Crippen LogP contribution is 2.44. The molecule has 6 nitrogen and oxygen atoms in total. The van der Waals surface area contributed by atoms with Crippen molar-refractivity contribution >= 4 is 10.1 Å². The Balaban J connectivity index is 0.000000168. The number of nitrogens with zero attached hydrogens (tertiary/aromatic N) is 2. The minimum atomic E-state index is -5.62. The number of hydrogen-bond acceptors (Lipinski definition) is 6. The van der Waals surface area contributed by atoms with Crippen LogP contribution in [0.1, 0.15) is 74.3 Å². The van der Waals surface area contributed by atoms with Crippen molar-refractivity contribution < 1.29 is 30.9 Å². The van der Waals surface area contributed by atoms with E-state index in [-0.39, 0.29) is 11.7 Å². The largest absolute Gasteiger partial charge is 0.534 e. The first kappa shape index (κ1) is 28.2. The predicted octanol–water partition coefficient (Wildman–Crippen LogP) is 5.99. The fourth-order valence-corrected chi connectivity index (χ4v) is 7.59. The molecular weight excluding hydrogens is 529 g/mol. The Hall–Kier alpha value is -2.30. The van der Waals surface area contributed by atoms with Crippen LogP contribution in [0, 0.1) is 0 Å². The summed E-state index contributed by atoms with van der Waals surface area (Å²) in [6, 6.07) is 16.3. The molecule has 4 unspecified atom stereocenters. The van der Waals surface area contributed by atoms with Crippen molar-refractivity contribution in [1.82, 2.24) is 9.80 Å². The molecule has 4 saturated heterocycles. The summed E-state index contributed by atoms with van der Waals surface area (Å²) in [6.07, 6.45) is 9.37. The topological polar surface area (TPSA) is 70.1 Å². The van der Waals surface area contributed by atoms with Gasteiger partial charge in [-0.15, -0.1) is 0 Å². The van der Waals surface area contributed by atoms with Gasteiger partial charge in [-0.1, -0.05) is 24.3 Å². The third kappa shape index (κ3) is 6.07. The number of phenolic OH excluding ortho intramolecular Hbond substituents is 1. The van der Waals surface area contributed by atoms with E-state index in [0.29, 0.717) is 23.8 Å². The van der Waals surface area contributed by atoms with Crippen molar-refractivity contribution in [2.24, 2.45) is 0 Å². The SMILES string of the molecule is CN1C2CCC1CC(c1cccc(O)c1)C2.CN1C2CCC1CC(c1cccc(OS(=O)(=O)C(F)(F)F)c1)C2. The summed E-state index contributed by atoms with van der Waals surface area (Å²) in [4.78, 5) is 4.92. The average molecular weight is 567 g/mol. The van der Waals surface area contributed by atoms with E-state index in [4.69, 9.17) is 0 Å². The van der Waals surface area contributed by atoms with Gasteiger partial charge < -0.3 is 19.1 Å². The Morgan fingerprint density at radius 3 is 1.64 bits per heavy atom. The maximum Gasteiger partial charge on any atom is 0.534 e. The quantitative estimate of drug-likeness (QED) is 0.362. The first-order chi connectivity index (χ1) is 18.4. The number of alkyl halides is 3. The van der Waals surface area contributed by atoms with Crippen LogP contribution in [0.3, 0.4) is 0 Å². The number of aromatic hydroxyl groups is 1. The molecule has 0 aromatic heterocycles. The molecule has 1 N–H and O–H groups in total. The molecule has 0 aliphatic carbocycles. The van der Waals surface area contributed by atoms with Gasteiger partial charge in [-0.2, -0.15) is 21.6 Å². The maximum absolute atomic E-state index is 12.4. The van der Waals surface area contributed by atoms with Crippen molar-refractivity contribution in [2.75, 3.05) is 14.1 Å². The summed E-state index contributed by atoms with van der Waals surface area (Å²) < 4.78 is 63.7. The Bertz CT molecular complexity index is 1240. The third-order valence-corrected chi connectivity index (χ3v) is 10.3. The van der Waals surface area contributed by atoms with Crippen LogP contribution in [0.15, 0.2) is 48.5 Å². The zero-order valence-electron chi connectivity index (χ0n) is 22.3. The van der Waals surface area contributed by atoms with Crippen LogP contribution in [-0.2, 0) is 10.1 Å². The maximum atomic E-state index is 12.4. The van der Waals surface area contributed by atoms with Crippen LogP contribution in [0.25, 0.3) is 0 Å². The molecule has 10 heteroatoms. The second kappa shape index (κ2) is 10.9. The smallest absolute Gasteiger partial charge is 0.508 e. The van der Waals surface area contributed by atoms with Crippen LogP contribution in [0.5, 0.6) is 11.5 Å². The van der Waals surface area contributed by atoms with Crippen LogP contribution in [0.2, 0.25) is 0 Å². The first-order valence-corrected chi connectivity index (χ1v) is 15.2. The lowest BCUT2D eigenvalue weighted by Crippen LogP contribution is -2.39. The molecule has 4 heterocycles. The number of phenols is 1. The lowest BCUT2D eigenvalue weighted by Gasteiger charge is -2.36. The van der Waals surface area contributed by atoms with E-state index in [1.807, 2.05) is 18.2 Å². The van der Waals surface area contributed by atoms with E-state index in [1.165, 1.54) is 49.4 Å². The van der Waals surface area contributed by atoms with Gasteiger partial charge in [0.2, 0.25) is 0 Å². The molecule has 4 bridgehead atoms. The van der Waals surface area contributed by atoms with Gasteiger partial charge in [0.15, 0.2) is 0 Å². The number of rotatable bonds is 4. The number of hydrogen-bond donors (Lipinski definition) is 1. The zero-order chi connectivity index (χ0) is 27.9. The molecule has 4 aliphatic heterocycles.